The fourth-order valence-corrected chi connectivity index (χ4v) is 1.29. The summed E-state index contributed by atoms with van der Waals surface area (Å²) in [5.41, 5.74) is 0.595. The number of ether oxygens (including phenoxy) is 1. The molecule has 0 aliphatic rings. The molecule has 0 N–H and O–H groups in total. The molecule has 0 spiro atoms. The lowest BCUT2D eigenvalue weighted by atomic mass is 9.97. The average Bonchev–Trinajstić information content (AvgIpc) is 2.28. The second-order valence-corrected chi connectivity index (χ2v) is 3.36. The average molecular weight is 203 g/mol. The van der Waals surface area contributed by atoms with Gasteiger partial charge in [-0.3, -0.25) is 4.79 Å². The molecule has 0 saturated carbocycles. The van der Waals surface area contributed by atoms with Gasteiger partial charge in [-0.2, -0.15) is 5.26 Å². The van der Waals surface area contributed by atoms with Gasteiger partial charge < -0.3 is 4.74 Å². The van der Waals surface area contributed by atoms with E-state index in [1.807, 2.05) is 6.07 Å². The normalized spacial score (nSPS) is 11.5. The summed E-state index contributed by atoms with van der Waals surface area (Å²) in [5, 5.41) is 8.51. The smallest absolute Gasteiger partial charge is 0.166 e. The first kappa shape index (κ1) is 11.3. The molecule has 78 valence electrons. The second kappa shape index (κ2) is 5.16. The summed E-state index contributed by atoms with van der Waals surface area (Å²) in [6, 6.07) is 8.97. The molecule has 0 heterocycles. The van der Waals surface area contributed by atoms with Gasteiger partial charge in [0.25, 0.3) is 0 Å². The molecule has 1 rings (SSSR count). The predicted molar refractivity (Wildman–Crippen MR) is 56.7 cm³/mol. The molecule has 0 aromatic heterocycles. The second-order valence-electron chi connectivity index (χ2n) is 3.36. The van der Waals surface area contributed by atoms with Crippen LogP contribution in [0.4, 0.5) is 0 Å². The predicted octanol–water partition coefficient (Wildman–Crippen LogP) is 2.43. The summed E-state index contributed by atoms with van der Waals surface area (Å²) in [5.74, 6) is 0.377. The third-order valence-corrected chi connectivity index (χ3v) is 2.20. The Bertz CT molecular complexity index is 393. The van der Waals surface area contributed by atoms with E-state index in [-0.39, 0.29) is 18.1 Å². The highest BCUT2D eigenvalue weighted by Gasteiger charge is 2.14. The molecule has 0 fully saturated rings. The zero-order valence-corrected chi connectivity index (χ0v) is 8.86. The summed E-state index contributed by atoms with van der Waals surface area (Å²) in [6.07, 6.45) is 0.246. The molecule has 0 aliphatic carbocycles. The topological polar surface area (TPSA) is 50.1 Å². The van der Waals surface area contributed by atoms with E-state index in [0.29, 0.717) is 11.3 Å². The lowest BCUT2D eigenvalue weighted by Crippen LogP contribution is -2.10. The highest BCUT2D eigenvalue weighted by Crippen LogP contribution is 2.17. The third kappa shape index (κ3) is 2.81. The van der Waals surface area contributed by atoms with Crippen molar-refractivity contribution in [1.82, 2.24) is 0 Å². The zero-order valence-electron chi connectivity index (χ0n) is 8.86. The summed E-state index contributed by atoms with van der Waals surface area (Å²) >= 11 is 0. The van der Waals surface area contributed by atoms with Gasteiger partial charge in [-0.25, -0.2) is 0 Å². The number of Topliss-reactive ketones (excluding diaryl/α,β-unsaturated/α-hetero) is 1. The summed E-state index contributed by atoms with van der Waals surface area (Å²) in [6.45, 7) is 1.75. The lowest BCUT2D eigenvalue weighted by Gasteiger charge is -2.07. The Hall–Kier alpha value is -1.82. The van der Waals surface area contributed by atoms with Crippen molar-refractivity contribution >= 4 is 5.78 Å². The molecule has 0 radical (unpaired) electrons. The van der Waals surface area contributed by atoms with Crippen molar-refractivity contribution in [2.24, 2.45) is 5.92 Å². The van der Waals surface area contributed by atoms with Crippen LogP contribution in [0.3, 0.4) is 0 Å². The largest absolute Gasteiger partial charge is 0.497 e. The molecule has 0 aliphatic heterocycles. The summed E-state index contributed by atoms with van der Waals surface area (Å²) in [7, 11) is 1.56. The van der Waals surface area contributed by atoms with E-state index in [0.717, 1.165) is 0 Å². The van der Waals surface area contributed by atoms with Crippen molar-refractivity contribution in [1.29, 1.82) is 5.26 Å². The van der Waals surface area contributed by atoms with Gasteiger partial charge in [-0.1, -0.05) is 19.1 Å². The minimum Gasteiger partial charge on any atom is -0.497 e. The molecule has 1 unspecified atom stereocenters. The molecule has 1 aromatic rings. The van der Waals surface area contributed by atoms with Crippen molar-refractivity contribution in [3.05, 3.63) is 29.8 Å². The van der Waals surface area contributed by atoms with Gasteiger partial charge in [0.15, 0.2) is 5.78 Å². The first-order chi connectivity index (χ1) is 7.19. The number of ketones is 1. The highest BCUT2D eigenvalue weighted by molar-refractivity contribution is 5.98. The van der Waals surface area contributed by atoms with Crippen LogP contribution in [0.15, 0.2) is 24.3 Å². The fraction of sp³-hybridized carbons (Fsp3) is 0.333. The molecule has 3 heteroatoms. The van der Waals surface area contributed by atoms with Crippen molar-refractivity contribution < 1.29 is 9.53 Å². The summed E-state index contributed by atoms with van der Waals surface area (Å²) < 4.78 is 5.03. The van der Waals surface area contributed by atoms with Gasteiger partial charge in [-0.05, 0) is 12.1 Å². The lowest BCUT2D eigenvalue weighted by molar-refractivity contribution is 0.0931. The van der Waals surface area contributed by atoms with Gasteiger partial charge in [0.1, 0.15) is 5.75 Å². The van der Waals surface area contributed by atoms with Gasteiger partial charge >= 0.3 is 0 Å². The molecular weight excluding hydrogens is 190 g/mol. The number of rotatable bonds is 4. The minimum absolute atomic E-state index is 0.0181. The molecule has 1 aromatic carbocycles. The SMILES string of the molecule is COc1cccc(C(=O)C(C)CC#N)c1. The number of methoxy groups -OCH3 is 1. The molecule has 0 saturated heterocycles. The summed E-state index contributed by atoms with van der Waals surface area (Å²) in [4.78, 5) is 11.8. The fourth-order valence-electron chi connectivity index (χ4n) is 1.29. The van der Waals surface area contributed by atoms with E-state index in [2.05, 4.69) is 0 Å². The van der Waals surface area contributed by atoms with Gasteiger partial charge in [0.2, 0.25) is 0 Å². The molecule has 0 amide bonds. The highest BCUT2D eigenvalue weighted by atomic mass is 16.5. The van der Waals surface area contributed by atoms with Gasteiger partial charge in [0, 0.05) is 17.9 Å². The molecule has 15 heavy (non-hydrogen) atoms. The van der Waals surface area contributed by atoms with Crippen molar-refractivity contribution in [3.63, 3.8) is 0 Å². The third-order valence-electron chi connectivity index (χ3n) is 2.20. The Morgan fingerprint density at radius 1 is 1.60 bits per heavy atom. The first-order valence-electron chi connectivity index (χ1n) is 4.74. The van der Waals surface area contributed by atoms with E-state index in [9.17, 15) is 4.79 Å². The number of hydrogen-bond acceptors (Lipinski definition) is 3. The van der Waals surface area contributed by atoms with Crippen molar-refractivity contribution in [2.45, 2.75) is 13.3 Å². The van der Waals surface area contributed by atoms with Crippen molar-refractivity contribution in [3.8, 4) is 11.8 Å². The minimum atomic E-state index is -0.262. The van der Waals surface area contributed by atoms with Crippen LogP contribution in [0.5, 0.6) is 5.75 Å². The molecular formula is C12H13NO2. The van der Waals surface area contributed by atoms with E-state index < -0.39 is 0 Å². The maximum absolute atomic E-state index is 11.8. The van der Waals surface area contributed by atoms with Crippen LogP contribution < -0.4 is 4.74 Å². The van der Waals surface area contributed by atoms with Gasteiger partial charge in [0.05, 0.1) is 13.2 Å². The van der Waals surface area contributed by atoms with Crippen molar-refractivity contribution in [2.75, 3.05) is 7.11 Å². The van der Waals surface area contributed by atoms with Crippen LogP contribution in [0, 0.1) is 17.2 Å². The Morgan fingerprint density at radius 2 is 2.33 bits per heavy atom. The molecule has 3 nitrogen and oxygen atoms in total. The maximum Gasteiger partial charge on any atom is 0.166 e. The Kier molecular flexibility index (Phi) is 3.87. The van der Waals surface area contributed by atoms with Crippen LogP contribution in [-0.4, -0.2) is 12.9 Å². The number of carbonyl (C=O) groups excluding carboxylic acids is 1. The van der Waals surface area contributed by atoms with Crippen LogP contribution in [0.2, 0.25) is 0 Å². The number of hydrogen-bond donors (Lipinski definition) is 0. The van der Waals surface area contributed by atoms with E-state index in [4.69, 9.17) is 10.00 Å². The Morgan fingerprint density at radius 3 is 2.93 bits per heavy atom. The van der Waals surface area contributed by atoms with E-state index in [1.54, 1.807) is 38.3 Å². The monoisotopic (exact) mass is 203 g/mol. The van der Waals surface area contributed by atoms with Crippen LogP contribution in [0.1, 0.15) is 23.7 Å². The van der Waals surface area contributed by atoms with Crippen LogP contribution >= 0.6 is 0 Å². The molecule has 0 bridgehead atoms. The van der Waals surface area contributed by atoms with Gasteiger partial charge in [-0.15, -0.1) is 0 Å². The molecule has 1 atom stereocenters. The van der Waals surface area contributed by atoms with Crippen LogP contribution in [-0.2, 0) is 0 Å². The van der Waals surface area contributed by atoms with Crippen LogP contribution in [0.25, 0.3) is 0 Å². The van der Waals surface area contributed by atoms with E-state index in [1.165, 1.54) is 0 Å². The number of nitriles is 1. The first-order valence-corrected chi connectivity index (χ1v) is 4.74. The number of carbonyl (C=O) groups is 1. The number of benzene rings is 1. The number of nitrogens with zero attached hydrogens (tertiary/aromatic N) is 1. The van der Waals surface area contributed by atoms with E-state index >= 15 is 0 Å². The maximum atomic E-state index is 11.8. The standard InChI is InChI=1S/C12H13NO2/c1-9(6-7-13)12(14)10-4-3-5-11(8-10)15-2/h3-5,8-9H,6H2,1-2H3. The Labute approximate surface area is 89.3 Å². The zero-order chi connectivity index (χ0) is 11.3. The Balaban J connectivity index is 2.87. The quantitative estimate of drug-likeness (QED) is 0.706.